The average Bonchev–Trinajstić information content (AvgIpc) is 1.50. The maximum atomic E-state index is 14.6. The van der Waals surface area contributed by atoms with Gasteiger partial charge in [-0.1, -0.05) is 232 Å². The Kier molecular flexibility index (Phi) is 39.3. The fourth-order valence-electron chi connectivity index (χ4n) is 18.6. The number of rotatable bonds is 42. The summed E-state index contributed by atoms with van der Waals surface area (Å²) in [4.78, 5) is 147. The van der Waals surface area contributed by atoms with Crippen LogP contribution in [0.25, 0.3) is 17.1 Å². The normalized spacial score (nSPS) is 14.1. The number of anilines is 3. The van der Waals surface area contributed by atoms with Crippen LogP contribution in [0.15, 0.2) is 237 Å². The first-order valence-corrected chi connectivity index (χ1v) is 51.2. The van der Waals surface area contributed by atoms with Gasteiger partial charge in [-0.05, 0) is 214 Å². The molecule has 7 N–H and O–H groups in total. The predicted molar refractivity (Wildman–Crippen MR) is 564 cm³/mol. The monoisotopic (exact) mass is 1980 g/mol. The minimum Gasteiger partial charge on any atom is -0.484 e. The number of aliphatic hydroxyl groups is 3. The molecule has 0 radical (unpaired) electrons. The molecule has 0 fully saturated rings. The number of nitrogens with zero attached hydrogens (tertiary/aromatic N) is 12. The van der Waals surface area contributed by atoms with E-state index in [1.165, 1.54) is 6.07 Å². The third-order valence-electron chi connectivity index (χ3n) is 26.8. The molecule has 766 valence electrons. The number of ether oxygens (including phenoxy) is 1. The quantitative estimate of drug-likeness (QED) is 0.0175. The first-order chi connectivity index (χ1) is 70.8. The molecule has 0 saturated heterocycles. The van der Waals surface area contributed by atoms with E-state index < -0.39 is 41.8 Å². The molecular formula is C116H137N15O15. The third-order valence-corrected chi connectivity index (χ3v) is 26.8. The second-order valence-corrected chi connectivity index (χ2v) is 37.6. The molecule has 3 aliphatic rings. The zero-order valence-corrected chi connectivity index (χ0v) is 85.2. The number of aryl methyl sites for hydroxylation is 3. The van der Waals surface area contributed by atoms with Crippen LogP contribution in [-0.4, -0.2) is 222 Å². The zero-order chi connectivity index (χ0) is 104. The second-order valence-electron chi connectivity index (χ2n) is 37.6. The number of aliphatic hydroxyl groups excluding tert-OH is 3. The van der Waals surface area contributed by atoms with E-state index in [1.54, 1.807) is 132 Å². The van der Waals surface area contributed by atoms with Gasteiger partial charge in [0.15, 0.2) is 23.7 Å². The third kappa shape index (κ3) is 27.7. The molecule has 0 aliphatic carbocycles. The van der Waals surface area contributed by atoms with Crippen molar-refractivity contribution in [3.63, 3.8) is 0 Å². The van der Waals surface area contributed by atoms with Gasteiger partial charge in [-0.3, -0.25) is 47.9 Å². The van der Waals surface area contributed by atoms with Crippen LogP contribution in [0.4, 0.5) is 17.1 Å². The summed E-state index contributed by atoms with van der Waals surface area (Å²) in [6.07, 6.45) is 12.9. The molecule has 9 amide bonds. The lowest BCUT2D eigenvalue weighted by atomic mass is 9.93. The van der Waals surface area contributed by atoms with Crippen LogP contribution in [0, 0.1) is 26.7 Å². The largest absolute Gasteiger partial charge is 0.484 e. The average molecular weight is 1980 g/mol. The fraction of sp³-hybridized carbons (Fsp3) is 0.371. The Morgan fingerprint density at radius 3 is 0.973 bits per heavy atom. The molecule has 15 rings (SSSR count). The van der Waals surface area contributed by atoms with E-state index in [1.807, 2.05) is 163 Å². The van der Waals surface area contributed by atoms with Crippen LogP contribution in [-0.2, 0) is 70.9 Å². The Labute approximate surface area is 854 Å². The molecule has 3 aliphatic heterocycles. The van der Waals surface area contributed by atoms with Gasteiger partial charge in [-0.2, -0.15) is 15.3 Å². The highest BCUT2D eigenvalue weighted by atomic mass is 16.5. The number of carboxylic acid groups (broad SMARTS) is 1. The Balaban J connectivity index is 0.000000183. The second kappa shape index (κ2) is 53.0. The SMILES string of the molecule is CCCCN(CCCC)C(=O)c1cc(C)n(-c2ccc(NC(=O)C(Cc3ccccc3)C(=O)O)cc2C(=O)N2Cc3ccccc3C[C@H]2CO)n1.CCCCN(CCCC)C(=O)c1cc(C)n(-c2ccc(NC(=O)COc3ccccc3)cc2C(=O)N2Cc3ccccc3C[C@H]2CO)n1.CCCCN(CCCC)C(=O)c1cc(C)n(-c2ccc(NC(=O)Cc3ccccc3)cc2C(=O)N2Cc3ccccc3C[C@H]2CO)n1. The minimum atomic E-state index is -1.37. The molecule has 30 heteroatoms. The molecule has 0 saturated carbocycles. The summed E-state index contributed by atoms with van der Waals surface area (Å²) in [6, 6.07) is 70.0. The molecule has 0 spiro atoms. The smallest absolute Gasteiger partial charge is 0.316 e. The number of aliphatic carboxylic acids is 1. The molecule has 1 unspecified atom stereocenters. The number of aromatic nitrogens is 6. The number of hydrogen-bond acceptors (Lipinski definition) is 17. The van der Waals surface area contributed by atoms with E-state index in [2.05, 4.69) is 57.5 Å². The standard InChI is InChI=1S/C40H47N5O6.C38H45N5O5.C38H45N5O4/c1-4-6-19-43(20-7-5-2)39(49)35-21-27(3)45(42-35)36-18-17-31(41-37(47)34(40(50)51)22-28-13-9-8-10-14-28)24-33(36)38(48)44-25-30-16-12-11-15-29(30)23-32(44)26-46;1-4-6-19-41(20-7-5-2)38(47)34-21-27(3)43(40-34)35-18-17-30(39-36(45)26-48-32-15-9-8-10-16-32)23-33(35)37(46)42-24-29-14-12-11-13-28(29)22-31(42)25-44;1-4-6-19-41(20-7-5-2)38(47)34-21-27(3)43(40-34)35-18-17-31(39-36(45)22-28-13-9-8-10-14-28)24-33(35)37(46)42-25-30-16-12-11-15-29(30)23-32(42)26-44/h8-18,21,24,32,34,46H,4-7,19-20,22-23,25-26H2,1-3H3,(H,41,47)(H,50,51);8-18,21,23,31,44H,4-7,19-20,22,24-26H2,1-3H3,(H,39,45);8-18,21,24,32,44H,4-7,19-20,22-23,25-26H2,1-3H3,(H,39,45)/t32-,34?;31-;32-/m000/s1. The highest BCUT2D eigenvalue weighted by Crippen LogP contribution is 2.36. The number of benzene rings is 9. The van der Waals surface area contributed by atoms with Gasteiger partial charge in [0.2, 0.25) is 11.8 Å². The Hall–Kier alpha value is -15.0. The lowest BCUT2D eigenvalue weighted by Crippen LogP contribution is -2.46. The van der Waals surface area contributed by atoms with Gasteiger partial charge < -0.3 is 70.5 Å². The number of carbonyl (C=O) groups excluding carboxylic acids is 9. The number of unbranched alkanes of at least 4 members (excludes halogenated alkanes) is 6. The van der Waals surface area contributed by atoms with Crippen molar-refractivity contribution in [2.24, 2.45) is 5.92 Å². The van der Waals surface area contributed by atoms with Gasteiger partial charge in [-0.25, -0.2) is 14.0 Å². The summed E-state index contributed by atoms with van der Waals surface area (Å²) < 4.78 is 10.4. The molecule has 146 heavy (non-hydrogen) atoms. The first-order valence-electron chi connectivity index (χ1n) is 51.2. The van der Waals surface area contributed by atoms with E-state index in [0.29, 0.717) is 145 Å². The summed E-state index contributed by atoms with van der Waals surface area (Å²) in [7, 11) is 0. The summed E-state index contributed by atoms with van der Waals surface area (Å²) >= 11 is 0. The van der Waals surface area contributed by atoms with Gasteiger partial charge >= 0.3 is 5.97 Å². The summed E-state index contributed by atoms with van der Waals surface area (Å²) in [6.45, 7) is 22.1. The van der Waals surface area contributed by atoms with Gasteiger partial charge in [0.25, 0.3) is 41.4 Å². The van der Waals surface area contributed by atoms with Crippen molar-refractivity contribution < 1.29 is 73.1 Å². The van der Waals surface area contributed by atoms with Crippen LogP contribution >= 0.6 is 0 Å². The molecule has 9 aromatic carbocycles. The molecule has 6 heterocycles. The maximum Gasteiger partial charge on any atom is 0.316 e. The van der Waals surface area contributed by atoms with Crippen molar-refractivity contribution in [2.75, 3.05) is 81.6 Å². The van der Waals surface area contributed by atoms with Gasteiger partial charge in [-0.15, -0.1) is 0 Å². The van der Waals surface area contributed by atoms with Crippen molar-refractivity contribution in [2.45, 2.75) is 209 Å². The van der Waals surface area contributed by atoms with Crippen LogP contribution in [0.2, 0.25) is 0 Å². The highest BCUT2D eigenvalue weighted by molar-refractivity contribution is 6.07. The first kappa shape index (κ1) is 108. The van der Waals surface area contributed by atoms with Gasteiger partial charge in [0.1, 0.15) is 11.7 Å². The number of nitrogens with one attached hydrogen (secondary N) is 3. The lowest BCUT2D eigenvalue weighted by Gasteiger charge is -2.36. The van der Waals surface area contributed by atoms with Crippen molar-refractivity contribution >= 4 is 76.2 Å². The topological polar surface area (TPSA) is 370 Å². The zero-order valence-electron chi connectivity index (χ0n) is 85.2. The molecule has 0 bridgehead atoms. The van der Waals surface area contributed by atoms with Crippen LogP contribution in [0.3, 0.4) is 0 Å². The molecule has 3 aromatic heterocycles. The summed E-state index contributed by atoms with van der Waals surface area (Å²) in [5, 5.41) is 63.8. The summed E-state index contributed by atoms with van der Waals surface area (Å²) in [5.74, 6) is -4.81. The fourth-order valence-corrected chi connectivity index (χ4v) is 18.6. The molecule has 30 nitrogen and oxygen atoms in total. The van der Waals surface area contributed by atoms with Crippen molar-refractivity contribution in [1.82, 2.24) is 58.7 Å². The molecule has 4 atom stereocenters. The number of hydrogen-bond donors (Lipinski definition) is 7. The number of carboxylic acids is 1. The number of fused-ring (bicyclic) bond motifs is 3. The number of carbonyl (C=O) groups is 10. The van der Waals surface area contributed by atoms with Crippen molar-refractivity contribution in [3.8, 4) is 22.8 Å². The van der Waals surface area contributed by atoms with Gasteiger partial charge in [0.05, 0.1) is 78.1 Å². The molecular weight excluding hydrogens is 1840 g/mol. The van der Waals surface area contributed by atoms with Crippen LogP contribution < -0.4 is 20.7 Å². The van der Waals surface area contributed by atoms with E-state index in [9.17, 15) is 68.4 Å². The minimum absolute atomic E-state index is 0.00589. The predicted octanol–water partition coefficient (Wildman–Crippen LogP) is 17.4. The van der Waals surface area contributed by atoms with Crippen LogP contribution in [0.5, 0.6) is 5.75 Å². The Morgan fingerprint density at radius 2 is 0.658 bits per heavy atom. The lowest BCUT2D eigenvalue weighted by molar-refractivity contribution is -0.145. The number of amides is 9. The van der Waals surface area contributed by atoms with E-state index in [4.69, 9.17) is 20.0 Å². The van der Waals surface area contributed by atoms with Crippen molar-refractivity contribution in [1.29, 1.82) is 0 Å². The van der Waals surface area contributed by atoms with Crippen LogP contribution in [0.1, 0.15) is 243 Å². The van der Waals surface area contributed by atoms with Gasteiger partial charge in [0, 0.05) is 93.0 Å². The maximum absolute atomic E-state index is 14.6. The highest BCUT2D eigenvalue weighted by Gasteiger charge is 2.38. The van der Waals surface area contributed by atoms with E-state index in [0.717, 1.165) is 116 Å². The summed E-state index contributed by atoms with van der Waals surface area (Å²) in [5.41, 5.74) is 14.1. The Bertz CT molecular complexity index is 6470. The molecule has 12 aromatic rings. The van der Waals surface area contributed by atoms with Crippen molar-refractivity contribution in [3.05, 3.63) is 332 Å². The van der Waals surface area contributed by atoms with E-state index in [-0.39, 0.29) is 110 Å². The Morgan fingerprint density at radius 1 is 0.363 bits per heavy atom. The number of para-hydroxylation sites is 1. The van der Waals surface area contributed by atoms with E-state index >= 15 is 0 Å².